The minimum Gasteiger partial charge on any atom is -0.401 e. The molecule has 0 bridgehead atoms. The average Bonchev–Trinajstić information content (AvgIpc) is 3.22. The van der Waals surface area contributed by atoms with E-state index in [2.05, 4.69) is 57.1 Å². The molecule has 6 nitrogen and oxygen atoms in total. The third-order valence-corrected chi connectivity index (χ3v) is 9.59. The van der Waals surface area contributed by atoms with Crippen molar-refractivity contribution in [3.63, 3.8) is 0 Å². The molecule has 1 atom stereocenters. The fraction of sp³-hybridized carbons (Fsp3) is 0.387. The number of halogens is 1. The number of sulfone groups is 1. The molecule has 40 heavy (non-hydrogen) atoms. The van der Waals surface area contributed by atoms with E-state index in [4.69, 9.17) is 15.8 Å². The molecule has 214 valence electrons. The van der Waals surface area contributed by atoms with Crippen LogP contribution in [0.4, 0.5) is 11.4 Å². The van der Waals surface area contributed by atoms with Gasteiger partial charge in [0.1, 0.15) is 12.3 Å². The Bertz CT molecular complexity index is 1620. The van der Waals surface area contributed by atoms with E-state index >= 15 is 0 Å². The summed E-state index contributed by atoms with van der Waals surface area (Å²) in [5.41, 5.74) is 5.67. The first-order valence-electron chi connectivity index (χ1n) is 13.3. The van der Waals surface area contributed by atoms with Gasteiger partial charge in [0.25, 0.3) is 0 Å². The topological polar surface area (TPSA) is 66.7 Å². The molecular formula is C31H38ClN2O4S2+. The molecule has 2 heterocycles. The number of hydrogen-bond acceptors (Lipinski definition) is 5. The first kappa shape index (κ1) is 30.3. The number of anilines is 1. The maximum absolute atomic E-state index is 12.2. The molecule has 2 aliphatic rings. The first-order chi connectivity index (χ1) is 18.6. The number of hydrogen-bond donors (Lipinski definition) is 0. The molecule has 0 amide bonds. The van der Waals surface area contributed by atoms with Crippen molar-refractivity contribution in [2.75, 3.05) is 30.5 Å². The first-order valence-corrected chi connectivity index (χ1v) is 17.1. The SMILES string of the molecule is CCN1\C(=C/C=C(Cl)/C=C/C2=[N+](CC)c3ccc(OS(C)=O)cc3C2(C)C)C(C)(C)c2cc(S(C)(=O)=O)ccc21. The summed E-state index contributed by atoms with van der Waals surface area (Å²) in [7, 11) is -3.31. The van der Waals surface area contributed by atoms with E-state index in [9.17, 15) is 12.6 Å². The summed E-state index contributed by atoms with van der Waals surface area (Å²) in [6, 6.07) is 11.2. The highest BCUT2D eigenvalue weighted by atomic mass is 35.5. The van der Waals surface area contributed by atoms with E-state index in [0.717, 1.165) is 47.0 Å². The normalized spacial score (nSPS) is 19.9. The van der Waals surface area contributed by atoms with Gasteiger partial charge in [0.05, 0.1) is 10.3 Å². The molecule has 2 aliphatic heterocycles. The quantitative estimate of drug-likeness (QED) is 0.254. The van der Waals surface area contributed by atoms with Gasteiger partial charge in [-0.15, -0.1) is 0 Å². The summed E-state index contributed by atoms with van der Waals surface area (Å²) in [5, 5.41) is 0.577. The van der Waals surface area contributed by atoms with Gasteiger partial charge in [-0.1, -0.05) is 25.4 Å². The molecule has 1 unspecified atom stereocenters. The van der Waals surface area contributed by atoms with Gasteiger partial charge in [-0.05, 0) is 81.8 Å². The average molecular weight is 602 g/mol. The van der Waals surface area contributed by atoms with Crippen molar-refractivity contribution in [2.24, 2.45) is 0 Å². The zero-order valence-corrected chi connectivity index (χ0v) is 26.8. The Labute approximate surface area is 246 Å². The van der Waals surface area contributed by atoms with E-state index in [1.54, 1.807) is 12.1 Å². The van der Waals surface area contributed by atoms with Crippen molar-refractivity contribution in [2.45, 2.75) is 57.3 Å². The van der Waals surface area contributed by atoms with Gasteiger partial charge in [-0.3, -0.25) is 0 Å². The summed E-state index contributed by atoms with van der Waals surface area (Å²) in [5.74, 6) is 0.586. The van der Waals surface area contributed by atoms with Crippen LogP contribution in [0, 0.1) is 0 Å². The van der Waals surface area contributed by atoms with Crippen LogP contribution in [0.15, 0.2) is 76.3 Å². The third kappa shape index (κ3) is 5.46. The number of rotatable bonds is 8. The lowest BCUT2D eigenvalue weighted by molar-refractivity contribution is -0.433. The van der Waals surface area contributed by atoms with E-state index in [1.165, 1.54) is 12.5 Å². The van der Waals surface area contributed by atoms with Crippen molar-refractivity contribution in [3.05, 3.63) is 82.6 Å². The van der Waals surface area contributed by atoms with Crippen molar-refractivity contribution >= 4 is 49.6 Å². The number of benzene rings is 2. The molecule has 2 aromatic rings. The molecule has 0 saturated carbocycles. The smallest absolute Gasteiger partial charge is 0.210 e. The highest BCUT2D eigenvalue weighted by Crippen LogP contribution is 2.48. The highest BCUT2D eigenvalue weighted by Gasteiger charge is 2.44. The van der Waals surface area contributed by atoms with Crippen molar-refractivity contribution in [1.82, 2.24) is 0 Å². The highest BCUT2D eigenvalue weighted by molar-refractivity contribution is 7.90. The third-order valence-electron chi connectivity index (χ3n) is 7.80. The van der Waals surface area contributed by atoms with Crippen molar-refractivity contribution < 1.29 is 21.4 Å². The predicted molar refractivity (Wildman–Crippen MR) is 166 cm³/mol. The van der Waals surface area contributed by atoms with Crippen molar-refractivity contribution in [3.8, 4) is 5.75 Å². The summed E-state index contributed by atoms with van der Waals surface area (Å²) in [4.78, 5) is 2.53. The maximum atomic E-state index is 12.2. The minimum atomic E-state index is -3.31. The zero-order valence-electron chi connectivity index (χ0n) is 24.4. The van der Waals surface area contributed by atoms with Gasteiger partial charge in [0, 0.05) is 58.6 Å². The molecule has 0 fully saturated rings. The summed E-state index contributed by atoms with van der Waals surface area (Å²) in [6.07, 6.45) is 10.7. The summed E-state index contributed by atoms with van der Waals surface area (Å²) in [6.45, 7) is 14.3. The molecular weight excluding hydrogens is 564 g/mol. The summed E-state index contributed by atoms with van der Waals surface area (Å²) < 4.78 is 43.7. The Morgan fingerprint density at radius 3 is 2.38 bits per heavy atom. The van der Waals surface area contributed by atoms with E-state index < -0.39 is 26.3 Å². The van der Waals surface area contributed by atoms with Crippen LogP contribution in [0.2, 0.25) is 0 Å². The lowest BCUT2D eigenvalue weighted by atomic mass is 9.81. The standard InChI is InChI=1S/C31H38ClN2O4S2/c1-9-33-26-15-13-22(38-39(7)35)19-24(26)30(3,4)28(33)17-11-21(32)12-18-29-31(5,6)25-20-23(40(8,36)37)14-16-27(25)34(29)10-2/h11-20H,9-10H2,1-8H3/q+1. The van der Waals surface area contributed by atoms with E-state index in [0.29, 0.717) is 15.7 Å². The van der Waals surface area contributed by atoms with Crippen LogP contribution in [-0.4, -0.2) is 48.5 Å². The number of fused-ring (bicyclic) bond motifs is 2. The lowest BCUT2D eigenvalue weighted by Crippen LogP contribution is -2.27. The van der Waals surface area contributed by atoms with Gasteiger partial charge in [-0.25, -0.2) is 12.6 Å². The van der Waals surface area contributed by atoms with Crippen molar-refractivity contribution in [1.29, 1.82) is 0 Å². The van der Waals surface area contributed by atoms with Crippen LogP contribution >= 0.6 is 11.6 Å². The van der Waals surface area contributed by atoms with Crippen LogP contribution in [0.3, 0.4) is 0 Å². The fourth-order valence-corrected chi connectivity index (χ4v) is 6.93. The molecule has 0 aromatic heterocycles. The maximum Gasteiger partial charge on any atom is 0.210 e. The molecule has 2 aromatic carbocycles. The monoisotopic (exact) mass is 601 g/mol. The van der Waals surface area contributed by atoms with Crippen LogP contribution in [0.5, 0.6) is 5.75 Å². The molecule has 0 saturated heterocycles. The predicted octanol–water partition coefficient (Wildman–Crippen LogP) is 6.54. The van der Waals surface area contributed by atoms with E-state index in [1.807, 2.05) is 42.5 Å². The Morgan fingerprint density at radius 1 is 1.07 bits per heavy atom. The van der Waals surface area contributed by atoms with Gasteiger partial charge in [-0.2, -0.15) is 4.58 Å². The minimum absolute atomic E-state index is 0.308. The summed E-state index contributed by atoms with van der Waals surface area (Å²) >= 11 is 5.35. The van der Waals surface area contributed by atoms with Gasteiger partial charge in [0.15, 0.2) is 15.5 Å². The number of nitrogens with zero attached hydrogens (tertiary/aromatic N) is 2. The Morgan fingerprint density at radius 2 is 1.77 bits per heavy atom. The van der Waals surface area contributed by atoms with Crippen LogP contribution in [-0.2, 0) is 31.7 Å². The van der Waals surface area contributed by atoms with Crippen LogP contribution < -0.4 is 9.08 Å². The largest absolute Gasteiger partial charge is 0.401 e. The van der Waals surface area contributed by atoms with Gasteiger partial charge < -0.3 is 9.08 Å². The number of allylic oxidation sites excluding steroid dienone is 6. The second-order valence-corrected chi connectivity index (χ2v) is 14.6. The second kappa shape index (κ2) is 11.0. The molecule has 9 heteroatoms. The fourth-order valence-electron chi connectivity index (χ4n) is 5.78. The lowest BCUT2D eigenvalue weighted by Gasteiger charge is -2.25. The van der Waals surface area contributed by atoms with Crippen LogP contribution in [0.25, 0.3) is 0 Å². The Kier molecular flexibility index (Phi) is 8.29. The number of likely N-dealkylation sites (N-methyl/N-ethyl adjacent to an activating group) is 1. The van der Waals surface area contributed by atoms with Gasteiger partial charge in [0.2, 0.25) is 16.8 Å². The molecule has 0 N–H and O–H groups in total. The zero-order chi connectivity index (χ0) is 29.6. The van der Waals surface area contributed by atoms with Crippen LogP contribution in [0.1, 0.15) is 52.7 Å². The molecule has 0 spiro atoms. The molecule has 0 aliphatic carbocycles. The second-order valence-electron chi connectivity index (χ2n) is 11.2. The van der Waals surface area contributed by atoms with Gasteiger partial charge >= 0.3 is 0 Å². The molecule has 4 rings (SSSR count). The Hall–Kier alpha value is -2.68. The Balaban J connectivity index is 1.67. The van der Waals surface area contributed by atoms with E-state index in [-0.39, 0.29) is 5.41 Å². The molecule has 0 radical (unpaired) electrons.